The monoisotopic (exact) mass is 370 g/mol. The van der Waals surface area contributed by atoms with Crippen LogP contribution in [0.1, 0.15) is 31.4 Å². The van der Waals surface area contributed by atoms with Gasteiger partial charge in [0, 0.05) is 38.2 Å². The van der Waals surface area contributed by atoms with E-state index in [9.17, 15) is 9.18 Å². The number of carbonyl (C=O) groups is 1. The highest BCUT2D eigenvalue weighted by Crippen LogP contribution is 2.38. The third kappa shape index (κ3) is 4.18. The fraction of sp³-hybridized carbons (Fsp3) is 0.450. The Morgan fingerprint density at radius 3 is 2.56 bits per heavy atom. The van der Waals surface area contributed by atoms with E-state index >= 15 is 0 Å². The highest BCUT2D eigenvalue weighted by molar-refractivity contribution is 5.81. The number of hydrogen-bond donors (Lipinski definition) is 0. The molecule has 7 heteroatoms. The molecule has 1 aromatic carbocycles. The van der Waals surface area contributed by atoms with Gasteiger partial charge < -0.3 is 14.5 Å². The first-order valence-electron chi connectivity index (χ1n) is 9.40. The van der Waals surface area contributed by atoms with E-state index in [2.05, 4.69) is 21.2 Å². The molecule has 2 aliphatic rings. The highest BCUT2D eigenvalue weighted by atomic mass is 19.1. The molecule has 1 aromatic heterocycles. The smallest absolute Gasteiger partial charge is 0.263 e. The van der Waals surface area contributed by atoms with Crippen LogP contribution >= 0.6 is 0 Å². The molecular weight excluding hydrogens is 347 g/mol. The number of amides is 1. The zero-order valence-corrected chi connectivity index (χ0v) is 15.3. The Kier molecular flexibility index (Phi) is 4.92. The average molecular weight is 370 g/mol. The summed E-state index contributed by atoms with van der Waals surface area (Å²) in [6.07, 6.45) is 1.77. The van der Waals surface area contributed by atoms with Gasteiger partial charge in [0.2, 0.25) is 0 Å². The van der Waals surface area contributed by atoms with Crippen LogP contribution in [0.2, 0.25) is 0 Å². The van der Waals surface area contributed by atoms with E-state index in [1.807, 2.05) is 6.07 Å². The fourth-order valence-corrected chi connectivity index (χ4v) is 3.31. The van der Waals surface area contributed by atoms with Gasteiger partial charge in [0.15, 0.2) is 11.9 Å². The molecule has 1 saturated heterocycles. The summed E-state index contributed by atoms with van der Waals surface area (Å²) in [6.45, 7) is 4.30. The number of halogens is 1. The van der Waals surface area contributed by atoms with Crippen molar-refractivity contribution in [2.45, 2.75) is 31.8 Å². The predicted octanol–water partition coefficient (Wildman–Crippen LogP) is 2.61. The molecule has 142 valence electrons. The van der Waals surface area contributed by atoms with Gasteiger partial charge in [-0.1, -0.05) is 6.07 Å². The average Bonchev–Trinajstić information content (AvgIpc) is 3.53. The summed E-state index contributed by atoms with van der Waals surface area (Å²) in [5.41, 5.74) is 1.08. The van der Waals surface area contributed by atoms with Crippen molar-refractivity contribution in [1.82, 2.24) is 15.1 Å². The van der Waals surface area contributed by atoms with E-state index in [1.165, 1.54) is 25.0 Å². The first-order valence-corrected chi connectivity index (χ1v) is 9.40. The molecule has 0 radical (unpaired) electrons. The van der Waals surface area contributed by atoms with Gasteiger partial charge in [-0.3, -0.25) is 4.79 Å². The van der Waals surface area contributed by atoms with Crippen LogP contribution in [0.5, 0.6) is 5.75 Å². The molecule has 4 rings (SSSR count). The minimum Gasteiger partial charge on any atom is -0.481 e. The molecule has 1 saturated carbocycles. The second-order valence-electron chi connectivity index (χ2n) is 7.12. The molecule has 2 heterocycles. The van der Waals surface area contributed by atoms with Crippen molar-refractivity contribution in [3.8, 4) is 5.75 Å². The topological polar surface area (TPSA) is 58.6 Å². The number of anilines is 1. The van der Waals surface area contributed by atoms with Gasteiger partial charge in [-0.05, 0) is 44.0 Å². The number of nitrogens with zero attached hydrogens (tertiary/aromatic N) is 4. The summed E-state index contributed by atoms with van der Waals surface area (Å²) in [4.78, 5) is 16.5. The zero-order valence-electron chi connectivity index (χ0n) is 15.3. The quantitative estimate of drug-likeness (QED) is 0.810. The van der Waals surface area contributed by atoms with E-state index < -0.39 is 6.10 Å². The third-order valence-electron chi connectivity index (χ3n) is 5.04. The van der Waals surface area contributed by atoms with E-state index in [0.717, 1.165) is 11.5 Å². The van der Waals surface area contributed by atoms with Gasteiger partial charge in [0.05, 0.1) is 5.69 Å². The second kappa shape index (κ2) is 7.50. The summed E-state index contributed by atoms with van der Waals surface area (Å²) in [5, 5.41) is 8.67. The lowest BCUT2D eigenvalue weighted by molar-refractivity contribution is -0.138. The van der Waals surface area contributed by atoms with Gasteiger partial charge in [-0.2, -0.15) is 5.10 Å². The Morgan fingerprint density at radius 1 is 1.15 bits per heavy atom. The molecule has 2 aromatic rings. The van der Waals surface area contributed by atoms with Crippen LogP contribution in [0.3, 0.4) is 0 Å². The van der Waals surface area contributed by atoms with Crippen molar-refractivity contribution in [1.29, 1.82) is 0 Å². The molecule has 2 fully saturated rings. The van der Waals surface area contributed by atoms with Crippen molar-refractivity contribution >= 4 is 11.7 Å². The fourth-order valence-electron chi connectivity index (χ4n) is 3.31. The number of carbonyl (C=O) groups excluding carboxylic acids is 1. The number of ether oxygens (including phenoxy) is 1. The second-order valence-corrected chi connectivity index (χ2v) is 7.12. The zero-order chi connectivity index (χ0) is 18.8. The Morgan fingerprint density at radius 2 is 1.93 bits per heavy atom. The number of aromatic nitrogens is 2. The Labute approximate surface area is 157 Å². The number of benzene rings is 1. The molecule has 1 aliphatic heterocycles. The summed E-state index contributed by atoms with van der Waals surface area (Å²) >= 11 is 0. The SMILES string of the molecule is C[C@H](Oc1cccc(F)c1)C(=O)N1CCN(c2ccc(C3CC3)nn2)CC1. The van der Waals surface area contributed by atoms with Crippen molar-refractivity contribution < 1.29 is 13.9 Å². The van der Waals surface area contributed by atoms with Crippen LogP contribution in [-0.4, -0.2) is 53.3 Å². The van der Waals surface area contributed by atoms with Crippen molar-refractivity contribution in [2.24, 2.45) is 0 Å². The molecule has 27 heavy (non-hydrogen) atoms. The van der Waals surface area contributed by atoms with Crippen molar-refractivity contribution in [2.75, 3.05) is 31.1 Å². The van der Waals surface area contributed by atoms with Crippen LogP contribution in [0.15, 0.2) is 36.4 Å². The minimum atomic E-state index is -0.657. The number of rotatable bonds is 5. The van der Waals surface area contributed by atoms with Crippen LogP contribution in [0, 0.1) is 5.82 Å². The van der Waals surface area contributed by atoms with Gasteiger partial charge in [0.1, 0.15) is 11.6 Å². The first-order chi connectivity index (χ1) is 13.1. The lowest BCUT2D eigenvalue weighted by Crippen LogP contribution is -2.52. The molecule has 0 unspecified atom stereocenters. The molecule has 0 N–H and O–H groups in total. The maximum atomic E-state index is 13.3. The van der Waals surface area contributed by atoms with E-state index in [4.69, 9.17) is 4.74 Å². The maximum Gasteiger partial charge on any atom is 0.263 e. The first kappa shape index (κ1) is 17.7. The standard InChI is InChI=1S/C20H23FN4O2/c1-14(27-17-4-2-3-16(21)13-17)20(26)25-11-9-24(10-12-25)19-8-7-18(22-23-19)15-5-6-15/h2-4,7-8,13-15H,5-6,9-12H2,1H3/t14-/m0/s1. The minimum absolute atomic E-state index is 0.0888. The molecular formula is C20H23FN4O2. The maximum absolute atomic E-state index is 13.3. The van der Waals surface area contributed by atoms with E-state index in [0.29, 0.717) is 37.8 Å². The van der Waals surface area contributed by atoms with Crippen LogP contribution in [-0.2, 0) is 4.79 Å². The van der Waals surface area contributed by atoms with Gasteiger partial charge in [0.25, 0.3) is 5.91 Å². The number of piperazine rings is 1. The number of hydrogen-bond acceptors (Lipinski definition) is 5. The van der Waals surface area contributed by atoms with E-state index in [1.54, 1.807) is 24.0 Å². The van der Waals surface area contributed by atoms with E-state index in [-0.39, 0.29) is 11.7 Å². The summed E-state index contributed by atoms with van der Waals surface area (Å²) in [5.74, 6) is 1.35. The van der Waals surface area contributed by atoms with Gasteiger partial charge in [-0.25, -0.2) is 4.39 Å². The Bertz CT molecular complexity index is 802. The van der Waals surface area contributed by atoms with Crippen LogP contribution < -0.4 is 9.64 Å². The molecule has 0 spiro atoms. The molecule has 0 bridgehead atoms. The van der Waals surface area contributed by atoms with Crippen molar-refractivity contribution in [3.05, 3.63) is 47.9 Å². The lowest BCUT2D eigenvalue weighted by Gasteiger charge is -2.36. The Hall–Kier alpha value is -2.70. The van der Waals surface area contributed by atoms with Crippen LogP contribution in [0.4, 0.5) is 10.2 Å². The summed E-state index contributed by atoms with van der Waals surface area (Å²) in [6, 6.07) is 9.93. The molecule has 1 aliphatic carbocycles. The Balaban J connectivity index is 1.30. The summed E-state index contributed by atoms with van der Waals surface area (Å²) < 4.78 is 18.9. The lowest BCUT2D eigenvalue weighted by atomic mass is 10.2. The van der Waals surface area contributed by atoms with Gasteiger partial charge >= 0.3 is 0 Å². The molecule has 1 amide bonds. The molecule has 6 nitrogen and oxygen atoms in total. The molecule has 1 atom stereocenters. The third-order valence-corrected chi connectivity index (χ3v) is 5.04. The van der Waals surface area contributed by atoms with Crippen molar-refractivity contribution in [3.63, 3.8) is 0 Å². The largest absolute Gasteiger partial charge is 0.481 e. The highest BCUT2D eigenvalue weighted by Gasteiger charge is 2.28. The normalized spacial score (nSPS) is 18.3. The van der Waals surface area contributed by atoms with Crippen LogP contribution in [0.25, 0.3) is 0 Å². The van der Waals surface area contributed by atoms with Gasteiger partial charge in [-0.15, -0.1) is 5.10 Å². The summed E-state index contributed by atoms with van der Waals surface area (Å²) in [7, 11) is 0. The predicted molar refractivity (Wildman–Crippen MR) is 99.3 cm³/mol.